The number of nitrogens with one attached hydrogen (secondary N) is 1. The summed E-state index contributed by atoms with van der Waals surface area (Å²) in [7, 11) is 3.08. The summed E-state index contributed by atoms with van der Waals surface area (Å²) in [6, 6.07) is -0.377. The first kappa shape index (κ1) is 15.7. The van der Waals surface area contributed by atoms with Gasteiger partial charge in [0.25, 0.3) is 0 Å². The zero-order chi connectivity index (χ0) is 13.5. The van der Waals surface area contributed by atoms with Crippen molar-refractivity contribution >= 4 is 12.0 Å². The lowest BCUT2D eigenvalue weighted by Gasteiger charge is -2.26. The summed E-state index contributed by atoms with van der Waals surface area (Å²) in [5, 5.41) is 11.2. The van der Waals surface area contributed by atoms with Crippen LogP contribution in [0.4, 0.5) is 4.79 Å². The maximum atomic E-state index is 11.5. The molecule has 0 saturated carbocycles. The van der Waals surface area contributed by atoms with Crippen LogP contribution < -0.4 is 5.32 Å². The number of methoxy groups -OCH3 is 1. The standard InChI is InChI=1S/C11H22N2O4/c1-11(2,5-6-17-4)8-12-10(16)13(3)7-9(14)15/h5-8H2,1-4H3,(H,12,16)(H,14,15). The van der Waals surface area contributed by atoms with Gasteiger partial charge < -0.3 is 20.1 Å². The van der Waals surface area contributed by atoms with Crippen LogP contribution in [-0.2, 0) is 9.53 Å². The number of likely N-dealkylation sites (N-methyl/N-ethyl adjacent to an activating group) is 1. The fraction of sp³-hybridized carbons (Fsp3) is 0.818. The van der Waals surface area contributed by atoms with Crippen molar-refractivity contribution in [3.63, 3.8) is 0 Å². The second kappa shape index (κ2) is 7.11. The first-order valence-electron chi connectivity index (χ1n) is 5.48. The molecule has 0 aliphatic heterocycles. The van der Waals surface area contributed by atoms with Gasteiger partial charge in [-0.25, -0.2) is 4.79 Å². The van der Waals surface area contributed by atoms with E-state index in [1.54, 1.807) is 7.11 Å². The van der Waals surface area contributed by atoms with E-state index in [0.717, 1.165) is 11.3 Å². The molecule has 0 heterocycles. The molecule has 0 aromatic rings. The van der Waals surface area contributed by atoms with E-state index in [1.807, 2.05) is 13.8 Å². The number of urea groups is 1. The fourth-order valence-corrected chi connectivity index (χ4v) is 1.19. The number of ether oxygens (including phenoxy) is 1. The van der Waals surface area contributed by atoms with Crippen LogP contribution in [-0.4, -0.2) is 55.9 Å². The van der Waals surface area contributed by atoms with E-state index in [4.69, 9.17) is 9.84 Å². The third-order valence-electron chi connectivity index (χ3n) is 2.42. The van der Waals surface area contributed by atoms with Gasteiger partial charge in [-0.2, -0.15) is 0 Å². The molecular weight excluding hydrogens is 224 g/mol. The Morgan fingerprint density at radius 1 is 1.41 bits per heavy atom. The highest BCUT2D eigenvalue weighted by atomic mass is 16.5. The monoisotopic (exact) mass is 246 g/mol. The third kappa shape index (κ3) is 7.57. The van der Waals surface area contributed by atoms with E-state index in [0.29, 0.717) is 13.2 Å². The average molecular weight is 246 g/mol. The number of carbonyl (C=O) groups is 2. The molecule has 0 aromatic carbocycles. The Hall–Kier alpha value is -1.30. The van der Waals surface area contributed by atoms with Crippen LogP contribution in [0.2, 0.25) is 0 Å². The SMILES string of the molecule is COCCC(C)(C)CNC(=O)N(C)CC(=O)O. The predicted octanol–water partition coefficient (Wildman–Crippen LogP) is 0.775. The van der Waals surface area contributed by atoms with E-state index in [1.165, 1.54) is 7.05 Å². The first-order chi connectivity index (χ1) is 7.78. The molecule has 17 heavy (non-hydrogen) atoms. The van der Waals surface area contributed by atoms with Crippen LogP contribution in [0, 0.1) is 5.41 Å². The minimum Gasteiger partial charge on any atom is -0.480 e. The highest BCUT2D eigenvalue weighted by molar-refractivity contribution is 5.79. The molecule has 0 radical (unpaired) electrons. The van der Waals surface area contributed by atoms with E-state index in [9.17, 15) is 9.59 Å². The zero-order valence-corrected chi connectivity index (χ0v) is 10.9. The summed E-state index contributed by atoms with van der Waals surface area (Å²) < 4.78 is 4.98. The molecule has 0 fully saturated rings. The Bertz CT molecular complexity index is 266. The zero-order valence-electron chi connectivity index (χ0n) is 10.9. The molecule has 6 nitrogen and oxygen atoms in total. The summed E-state index contributed by atoms with van der Waals surface area (Å²) >= 11 is 0. The lowest BCUT2D eigenvalue weighted by atomic mass is 9.90. The van der Waals surface area contributed by atoms with E-state index < -0.39 is 5.97 Å². The Labute approximate surface area is 102 Å². The molecule has 2 N–H and O–H groups in total. The number of carboxylic acids is 1. The maximum absolute atomic E-state index is 11.5. The van der Waals surface area contributed by atoms with Gasteiger partial charge in [0.2, 0.25) is 0 Å². The number of hydrogen-bond acceptors (Lipinski definition) is 3. The Morgan fingerprint density at radius 3 is 2.47 bits per heavy atom. The van der Waals surface area contributed by atoms with Crippen LogP contribution in [0.1, 0.15) is 20.3 Å². The van der Waals surface area contributed by atoms with Gasteiger partial charge >= 0.3 is 12.0 Å². The maximum Gasteiger partial charge on any atom is 0.323 e. The fourth-order valence-electron chi connectivity index (χ4n) is 1.19. The van der Waals surface area contributed by atoms with Gasteiger partial charge in [0.1, 0.15) is 6.54 Å². The van der Waals surface area contributed by atoms with Gasteiger partial charge in [-0.05, 0) is 11.8 Å². The van der Waals surface area contributed by atoms with Crippen molar-refractivity contribution in [1.82, 2.24) is 10.2 Å². The predicted molar refractivity (Wildman–Crippen MR) is 63.9 cm³/mol. The van der Waals surface area contributed by atoms with Gasteiger partial charge in [0.05, 0.1) is 0 Å². The molecule has 0 aromatic heterocycles. The number of amides is 2. The largest absolute Gasteiger partial charge is 0.480 e. The molecule has 0 spiro atoms. The first-order valence-corrected chi connectivity index (χ1v) is 5.48. The number of carbonyl (C=O) groups excluding carboxylic acids is 1. The van der Waals surface area contributed by atoms with Gasteiger partial charge in [0.15, 0.2) is 0 Å². The summed E-state index contributed by atoms with van der Waals surface area (Å²) in [4.78, 5) is 23.1. The van der Waals surface area contributed by atoms with Crippen LogP contribution in [0.3, 0.4) is 0 Å². The average Bonchev–Trinajstić information content (AvgIpc) is 2.22. The van der Waals surface area contributed by atoms with Crippen molar-refractivity contribution in [3.05, 3.63) is 0 Å². The van der Waals surface area contributed by atoms with Gasteiger partial charge in [-0.15, -0.1) is 0 Å². The van der Waals surface area contributed by atoms with Crippen molar-refractivity contribution in [3.8, 4) is 0 Å². The normalized spacial score (nSPS) is 11.1. The van der Waals surface area contributed by atoms with Crippen molar-refractivity contribution < 1.29 is 19.4 Å². The van der Waals surface area contributed by atoms with E-state index in [-0.39, 0.29) is 18.0 Å². The number of carboxylic acid groups (broad SMARTS) is 1. The number of nitrogens with zero attached hydrogens (tertiary/aromatic N) is 1. The summed E-state index contributed by atoms with van der Waals surface area (Å²) in [5.41, 5.74) is -0.0737. The van der Waals surface area contributed by atoms with Gasteiger partial charge in [-0.3, -0.25) is 4.79 Å². The third-order valence-corrected chi connectivity index (χ3v) is 2.42. The van der Waals surface area contributed by atoms with Gasteiger partial charge in [-0.1, -0.05) is 13.8 Å². The molecule has 0 bridgehead atoms. The molecule has 0 atom stereocenters. The van der Waals surface area contributed by atoms with Crippen molar-refractivity contribution in [2.24, 2.45) is 5.41 Å². The minimum absolute atomic E-state index is 0.0737. The van der Waals surface area contributed by atoms with Crippen molar-refractivity contribution in [1.29, 1.82) is 0 Å². The highest BCUT2D eigenvalue weighted by Gasteiger charge is 2.20. The van der Waals surface area contributed by atoms with E-state index >= 15 is 0 Å². The lowest BCUT2D eigenvalue weighted by molar-refractivity contribution is -0.137. The molecule has 0 unspecified atom stereocenters. The van der Waals surface area contributed by atoms with Crippen LogP contribution in [0.5, 0.6) is 0 Å². The smallest absolute Gasteiger partial charge is 0.323 e. The molecule has 0 aliphatic rings. The molecule has 2 amide bonds. The van der Waals surface area contributed by atoms with Gasteiger partial charge in [0, 0.05) is 27.3 Å². The van der Waals surface area contributed by atoms with E-state index in [2.05, 4.69) is 5.32 Å². The molecule has 6 heteroatoms. The molecule has 100 valence electrons. The molecule has 0 rings (SSSR count). The molecular formula is C11H22N2O4. The van der Waals surface area contributed by atoms with Crippen LogP contribution >= 0.6 is 0 Å². The van der Waals surface area contributed by atoms with Crippen molar-refractivity contribution in [2.75, 3.05) is 33.9 Å². The number of aliphatic carboxylic acids is 1. The van der Waals surface area contributed by atoms with Crippen molar-refractivity contribution in [2.45, 2.75) is 20.3 Å². The number of hydrogen-bond donors (Lipinski definition) is 2. The molecule has 0 saturated heterocycles. The number of rotatable bonds is 7. The minimum atomic E-state index is -1.03. The summed E-state index contributed by atoms with van der Waals surface area (Å²) in [6.45, 7) is 4.85. The van der Waals surface area contributed by atoms with Crippen LogP contribution in [0.15, 0.2) is 0 Å². The second-order valence-corrected chi connectivity index (χ2v) is 4.82. The summed E-state index contributed by atoms with van der Waals surface area (Å²) in [6.07, 6.45) is 0.826. The Balaban J connectivity index is 4.01. The summed E-state index contributed by atoms with van der Waals surface area (Å²) in [5.74, 6) is -1.03. The highest BCUT2D eigenvalue weighted by Crippen LogP contribution is 2.18. The topological polar surface area (TPSA) is 78.9 Å². The molecule has 0 aliphatic carbocycles. The second-order valence-electron chi connectivity index (χ2n) is 4.82. The lowest BCUT2D eigenvalue weighted by Crippen LogP contribution is -2.43. The Morgan fingerprint density at radius 2 is 2.00 bits per heavy atom. The Kier molecular flexibility index (Phi) is 6.57. The van der Waals surface area contributed by atoms with Crippen LogP contribution in [0.25, 0.3) is 0 Å². The quantitative estimate of drug-likeness (QED) is 0.695.